The van der Waals surface area contributed by atoms with Crippen molar-refractivity contribution in [3.63, 3.8) is 0 Å². The van der Waals surface area contributed by atoms with E-state index in [0.717, 1.165) is 45.8 Å². The number of anilines is 1. The molecule has 0 bridgehead atoms. The Morgan fingerprint density at radius 1 is 1.13 bits per heavy atom. The number of aromatic nitrogens is 1. The summed E-state index contributed by atoms with van der Waals surface area (Å²) in [6.45, 7) is 5.79. The molecule has 2 aliphatic heterocycles. The Morgan fingerprint density at radius 3 is 2.83 bits per heavy atom. The number of fused-ring (bicyclic) bond motifs is 2. The van der Waals surface area contributed by atoms with Crippen molar-refractivity contribution in [2.45, 2.75) is 44.3 Å². The van der Waals surface area contributed by atoms with Crippen LogP contribution in [0, 0.1) is 0 Å². The lowest BCUT2D eigenvalue weighted by Crippen LogP contribution is -2.46. The van der Waals surface area contributed by atoms with Crippen molar-refractivity contribution in [1.29, 1.82) is 0 Å². The standard InChI is InChI=1S/C25H34N4O/c1-27-17-20-7-4-9-23(29-12-14-30-15-13-29)22(20)16-21(27)18-28(2)24-10-3-6-19-8-5-11-26-25(19)24/h4-5,7-9,11,21,24H,3,6,10,12-18H2,1-2H3/t21-,24+/m1/s1. The van der Waals surface area contributed by atoms with Crippen LogP contribution in [-0.2, 0) is 24.1 Å². The van der Waals surface area contributed by atoms with E-state index in [2.05, 4.69) is 59.1 Å². The molecular weight excluding hydrogens is 372 g/mol. The topological polar surface area (TPSA) is 31.8 Å². The van der Waals surface area contributed by atoms with E-state index < -0.39 is 0 Å². The van der Waals surface area contributed by atoms with E-state index in [1.807, 2.05) is 6.20 Å². The highest BCUT2D eigenvalue weighted by atomic mass is 16.5. The lowest BCUT2D eigenvalue weighted by molar-refractivity contribution is 0.121. The van der Waals surface area contributed by atoms with Gasteiger partial charge in [0.15, 0.2) is 0 Å². The molecule has 5 heteroatoms. The van der Waals surface area contributed by atoms with Gasteiger partial charge in [0.2, 0.25) is 0 Å². The number of benzene rings is 1. The molecule has 2 aromatic rings. The fourth-order valence-electron chi connectivity index (χ4n) is 5.57. The van der Waals surface area contributed by atoms with Crippen molar-refractivity contribution in [3.05, 3.63) is 58.9 Å². The Bertz CT molecular complexity index is 879. The lowest BCUT2D eigenvalue weighted by Gasteiger charge is -2.41. The van der Waals surface area contributed by atoms with E-state index in [0.29, 0.717) is 12.1 Å². The summed E-state index contributed by atoms with van der Waals surface area (Å²) in [6, 6.07) is 12.2. The van der Waals surface area contributed by atoms with Gasteiger partial charge in [0.1, 0.15) is 0 Å². The number of aryl methyl sites for hydroxylation is 1. The smallest absolute Gasteiger partial charge is 0.0642 e. The zero-order valence-corrected chi connectivity index (χ0v) is 18.4. The summed E-state index contributed by atoms with van der Waals surface area (Å²) in [7, 11) is 4.58. The number of ether oxygens (including phenoxy) is 1. The van der Waals surface area contributed by atoms with E-state index in [1.165, 1.54) is 41.8 Å². The summed E-state index contributed by atoms with van der Waals surface area (Å²) in [6.07, 6.45) is 6.73. The molecular formula is C25H34N4O. The van der Waals surface area contributed by atoms with Gasteiger partial charge in [-0.15, -0.1) is 0 Å². The molecule has 2 atom stereocenters. The molecule has 30 heavy (non-hydrogen) atoms. The third-order valence-corrected chi connectivity index (χ3v) is 7.28. The van der Waals surface area contributed by atoms with Crippen molar-refractivity contribution in [3.8, 4) is 0 Å². The van der Waals surface area contributed by atoms with Crippen LogP contribution in [0.15, 0.2) is 36.5 Å². The molecule has 5 rings (SSSR count). The second-order valence-corrected chi connectivity index (χ2v) is 9.18. The molecule has 5 nitrogen and oxygen atoms in total. The molecule has 3 heterocycles. The summed E-state index contributed by atoms with van der Waals surface area (Å²) in [5.74, 6) is 0. The van der Waals surface area contributed by atoms with Gasteiger partial charge in [-0.3, -0.25) is 14.8 Å². The normalized spacial score (nSPS) is 24.6. The molecule has 1 aromatic carbocycles. The molecule has 1 fully saturated rings. The molecule has 0 N–H and O–H groups in total. The fourth-order valence-corrected chi connectivity index (χ4v) is 5.57. The number of pyridine rings is 1. The average Bonchev–Trinajstić information content (AvgIpc) is 2.79. The number of hydrogen-bond donors (Lipinski definition) is 0. The Kier molecular flexibility index (Phi) is 5.77. The van der Waals surface area contributed by atoms with Gasteiger partial charge in [-0.25, -0.2) is 0 Å². The summed E-state index contributed by atoms with van der Waals surface area (Å²) in [5, 5.41) is 0. The van der Waals surface area contributed by atoms with Gasteiger partial charge in [0, 0.05) is 44.1 Å². The van der Waals surface area contributed by atoms with Gasteiger partial charge in [0.05, 0.1) is 24.9 Å². The zero-order valence-electron chi connectivity index (χ0n) is 18.4. The Hall–Kier alpha value is -1.95. The van der Waals surface area contributed by atoms with Gasteiger partial charge in [-0.05, 0) is 68.6 Å². The molecule has 1 aliphatic carbocycles. The largest absolute Gasteiger partial charge is 0.378 e. The van der Waals surface area contributed by atoms with Crippen molar-refractivity contribution in [1.82, 2.24) is 14.8 Å². The number of morpholine rings is 1. The fraction of sp³-hybridized carbons (Fsp3) is 0.560. The minimum Gasteiger partial charge on any atom is -0.378 e. The summed E-state index contributed by atoms with van der Waals surface area (Å²) < 4.78 is 5.59. The van der Waals surface area contributed by atoms with Gasteiger partial charge < -0.3 is 9.64 Å². The van der Waals surface area contributed by atoms with E-state index in [9.17, 15) is 0 Å². The van der Waals surface area contributed by atoms with Gasteiger partial charge in [-0.2, -0.15) is 0 Å². The van der Waals surface area contributed by atoms with Crippen LogP contribution in [0.3, 0.4) is 0 Å². The van der Waals surface area contributed by atoms with Crippen LogP contribution in [-0.4, -0.2) is 67.8 Å². The van der Waals surface area contributed by atoms with Crippen molar-refractivity contribution >= 4 is 5.69 Å². The first kappa shape index (κ1) is 20.0. The van der Waals surface area contributed by atoms with Gasteiger partial charge in [-0.1, -0.05) is 18.2 Å². The Morgan fingerprint density at radius 2 is 1.97 bits per heavy atom. The first-order chi connectivity index (χ1) is 14.7. The predicted octanol–water partition coefficient (Wildman–Crippen LogP) is 3.28. The van der Waals surface area contributed by atoms with Gasteiger partial charge in [0.25, 0.3) is 0 Å². The summed E-state index contributed by atoms with van der Waals surface area (Å²) >= 11 is 0. The second kappa shape index (κ2) is 8.66. The maximum atomic E-state index is 5.59. The highest BCUT2D eigenvalue weighted by Crippen LogP contribution is 2.35. The highest BCUT2D eigenvalue weighted by molar-refractivity contribution is 5.58. The SMILES string of the molecule is CN1Cc2cccc(N3CCOCC3)c2C[C@@H]1CN(C)[C@H]1CCCc2cccnc21. The van der Waals surface area contributed by atoms with Crippen LogP contribution in [0.4, 0.5) is 5.69 Å². The maximum absolute atomic E-state index is 5.59. The molecule has 0 spiro atoms. The average molecular weight is 407 g/mol. The van der Waals surface area contributed by atoms with Crippen molar-refractivity contribution < 1.29 is 4.74 Å². The first-order valence-corrected chi connectivity index (χ1v) is 11.5. The number of hydrogen-bond acceptors (Lipinski definition) is 5. The third-order valence-electron chi connectivity index (χ3n) is 7.28. The highest BCUT2D eigenvalue weighted by Gasteiger charge is 2.31. The Balaban J connectivity index is 1.35. The third kappa shape index (κ3) is 3.86. The van der Waals surface area contributed by atoms with E-state index in [1.54, 1.807) is 5.56 Å². The summed E-state index contributed by atoms with van der Waals surface area (Å²) in [4.78, 5) is 12.4. The molecule has 0 radical (unpaired) electrons. The van der Waals surface area contributed by atoms with Crippen LogP contribution in [0.5, 0.6) is 0 Å². The van der Waals surface area contributed by atoms with Crippen LogP contribution in [0.1, 0.15) is 41.3 Å². The van der Waals surface area contributed by atoms with E-state index in [-0.39, 0.29) is 0 Å². The molecule has 160 valence electrons. The monoisotopic (exact) mass is 406 g/mol. The predicted molar refractivity (Wildman–Crippen MR) is 121 cm³/mol. The van der Waals surface area contributed by atoms with Crippen LogP contribution in [0.25, 0.3) is 0 Å². The second-order valence-electron chi connectivity index (χ2n) is 9.18. The lowest BCUT2D eigenvalue weighted by atomic mass is 9.89. The Labute approximate surface area is 180 Å². The van der Waals surface area contributed by atoms with Gasteiger partial charge >= 0.3 is 0 Å². The molecule has 3 aliphatic rings. The molecule has 0 saturated carbocycles. The first-order valence-electron chi connectivity index (χ1n) is 11.5. The minimum atomic E-state index is 0.444. The number of rotatable bonds is 4. The molecule has 0 amide bonds. The van der Waals surface area contributed by atoms with E-state index >= 15 is 0 Å². The zero-order chi connectivity index (χ0) is 20.5. The number of likely N-dealkylation sites (N-methyl/N-ethyl adjacent to an activating group) is 2. The van der Waals surface area contributed by atoms with Crippen molar-refractivity contribution in [2.24, 2.45) is 0 Å². The number of nitrogens with zero attached hydrogens (tertiary/aromatic N) is 4. The molecule has 1 saturated heterocycles. The van der Waals surface area contributed by atoms with Crippen molar-refractivity contribution in [2.75, 3.05) is 51.8 Å². The van der Waals surface area contributed by atoms with Crippen LogP contribution >= 0.6 is 0 Å². The quantitative estimate of drug-likeness (QED) is 0.778. The van der Waals surface area contributed by atoms with Crippen LogP contribution in [0.2, 0.25) is 0 Å². The molecule has 0 unspecified atom stereocenters. The summed E-state index contributed by atoms with van der Waals surface area (Å²) in [5.41, 5.74) is 7.22. The minimum absolute atomic E-state index is 0.444. The molecule has 1 aromatic heterocycles. The maximum Gasteiger partial charge on any atom is 0.0642 e. The van der Waals surface area contributed by atoms with E-state index in [4.69, 9.17) is 9.72 Å². The van der Waals surface area contributed by atoms with Crippen LogP contribution < -0.4 is 4.90 Å².